The Bertz CT molecular complexity index is 576. The van der Waals surface area contributed by atoms with Crippen LogP contribution in [0.2, 0.25) is 10.0 Å². The van der Waals surface area contributed by atoms with Crippen LogP contribution in [-0.4, -0.2) is 5.78 Å². The molecule has 4 heteroatoms. The van der Waals surface area contributed by atoms with Gasteiger partial charge in [-0.25, -0.2) is 4.39 Å². The molecule has 0 aliphatic rings. The van der Waals surface area contributed by atoms with Gasteiger partial charge in [-0.05, 0) is 29.8 Å². The molecule has 0 amide bonds. The first-order valence-corrected chi connectivity index (χ1v) is 6.05. The van der Waals surface area contributed by atoms with Crippen molar-refractivity contribution in [3.63, 3.8) is 0 Å². The summed E-state index contributed by atoms with van der Waals surface area (Å²) in [5.41, 5.74) is 0.658. The third kappa shape index (κ3) is 2.89. The highest BCUT2D eigenvalue weighted by molar-refractivity contribution is 6.34. The highest BCUT2D eigenvalue weighted by atomic mass is 35.5. The molecule has 0 heterocycles. The van der Waals surface area contributed by atoms with E-state index in [2.05, 4.69) is 0 Å². The van der Waals surface area contributed by atoms with Crippen LogP contribution in [0.15, 0.2) is 42.5 Å². The van der Waals surface area contributed by atoms with Crippen molar-refractivity contribution in [3.8, 4) is 0 Å². The van der Waals surface area contributed by atoms with Crippen LogP contribution in [0.3, 0.4) is 0 Å². The number of ketones is 1. The summed E-state index contributed by atoms with van der Waals surface area (Å²) in [6.07, 6.45) is 0.0706. The number of carbonyl (C=O) groups is 1. The van der Waals surface area contributed by atoms with Crippen molar-refractivity contribution in [2.75, 3.05) is 0 Å². The molecule has 92 valence electrons. The zero-order valence-corrected chi connectivity index (χ0v) is 10.8. The van der Waals surface area contributed by atoms with E-state index in [0.29, 0.717) is 5.02 Å². The summed E-state index contributed by atoms with van der Waals surface area (Å²) in [4.78, 5) is 12.0. The summed E-state index contributed by atoms with van der Waals surface area (Å²) in [6.45, 7) is 0. The molecule has 1 nitrogen and oxygen atoms in total. The van der Waals surface area contributed by atoms with Gasteiger partial charge in [0.15, 0.2) is 5.78 Å². The van der Waals surface area contributed by atoms with Crippen molar-refractivity contribution >= 4 is 29.0 Å². The van der Waals surface area contributed by atoms with Crippen molar-refractivity contribution in [1.82, 2.24) is 0 Å². The Morgan fingerprint density at radius 2 is 1.83 bits per heavy atom. The van der Waals surface area contributed by atoms with Gasteiger partial charge in [0.2, 0.25) is 0 Å². The van der Waals surface area contributed by atoms with Gasteiger partial charge in [-0.1, -0.05) is 41.4 Å². The Morgan fingerprint density at radius 3 is 2.50 bits per heavy atom. The number of hydrogen-bond acceptors (Lipinski definition) is 1. The van der Waals surface area contributed by atoms with Crippen LogP contribution in [0.5, 0.6) is 0 Å². The maximum Gasteiger partial charge on any atom is 0.171 e. The lowest BCUT2D eigenvalue weighted by Gasteiger charge is -2.05. The minimum absolute atomic E-state index is 0.0702. The Hall–Kier alpha value is -1.38. The molecule has 2 aromatic carbocycles. The largest absolute Gasteiger partial charge is 0.294 e. The topological polar surface area (TPSA) is 17.1 Å². The number of benzene rings is 2. The average molecular weight is 283 g/mol. The molecule has 0 atom stereocenters. The molecule has 0 fully saturated rings. The van der Waals surface area contributed by atoms with Crippen LogP contribution in [0.4, 0.5) is 4.39 Å². The monoisotopic (exact) mass is 282 g/mol. The second-order valence-corrected chi connectivity index (χ2v) is 4.67. The van der Waals surface area contributed by atoms with Gasteiger partial charge in [-0.15, -0.1) is 0 Å². The Balaban J connectivity index is 2.28. The van der Waals surface area contributed by atoms with Gasteiger partial charge in [0.1, 0.15) is 5.82 Å². The van der Waals surface area contributed by atoms with E-state index in [1.807, 2.05) is 0 Å². The van der Waals surface area contributed by atoms with Gasteiger partial charge >= 0.3 is 0 Å². The molecule has 0 saturated carbocycles. The molecule has 18 heavy (non-hydrogen) atoms. The van der Waals surface area contributed by atoms with Gasteiger partial charge in [0.25, 0.3) is 0 Å². The molecule has 0 radical (unpaired) electrons. The first-order valence-electron chi connectivity index (χ1n) is 5.29. The fraction of sp³-hybridized carbons (Fsp3) is 0.0714. The van der Waals surface area contributed by atoms with Crippen LogP contribution in [-0.2, 0) is 6.42 Å². The van der Waals surface area contributed by atoms with Gasteiger partial charge in [-0.2, -0.15) is 0 Å². The minimum Gasteiger partial charge on any atom is -0.294 e. The van der Waals surface area contributed by atoms with Crippen LogP contribution in [0.1, 0.15) is 15.9 Å². The summed E-state index contributed by atoms with van der Waals surface area (Å²) in [5.74, 6) is -0.963. The number of halogens is 3. The van der Waals surface area contributed by atoms with Crippen molar-refractivity contribution in [3.05, 3.63) is 69.5 Å². The fourth-order valence-corrected chi connectivity index (χ4v) is 2.17. The molecule has 0 bridgehead atoms. The zero-order valence-electron chi connectivity index (χ0n) is 9.29. The molecule has 0 saturated heterocycles. The number of Topliss-reactive ketones (excluding diaryl/α,β-unsaturated/α-hetero) is 1. The first-order chi connectivity index (χ1) is 8.58. The van der Waals surface area contributed by atoms with Crippen LogP contribution in [0, 0.1) is 5.82 Å². The molecule has 2 aromatic rings. The maximum absolute atomic E-state index is 13.6. The maximum atomic E-state index is 13.6. The highest BCUT2D eigenvalue weighted by Gasteiger charge is 2.15. The van der Waals surface area contributed by atoms with E-state index >= 15 is 0 Å². The van der Waals surface area contributed by atoms with E-state index in [1.54, 1.807) is 24.3 Å². The summed E-state index contributed by atoms with van der Waals surface area (Å²) < 4.78 is 13.6. The number of rotatable bonds is 3. The molecule has 2 rings (SSSR count). The van der Waals surface area contributed by atoms with E-state index < -0.39 is 5.82 Å². The fourth-order valence-electron chi connectivity index (χ4n) is 1.68. The lowest BCUT2D eigenvalue weighted by molar-refractivity contribution is 0.0989. The first kappa shape index (κ1) is 13.1. The Kier molecular flexibility index (Phi) is 4.00. The molecule has 0 N–H and O–H groups in total. The molecule has 0 unspecified atom stereocenters. The predicted octanol–water partition coefficient (Wildman–Crippen LogP) is 4.56. The molecule has 0 aromatic heterocycles. The average Bonchev–Trinajstić information content (AvgIpc) is 2.28. The summed E-state index contributed by atoms with van der Waals surface area (Å²) in [7, 11) is 0. The van der Waals surface area contributed by atoms with Crippen LogP contribution >= 0.6 is 23.2 Å². The summed E-state index contributed by atoms with van der Waals surface area (Å²) >= 11 is 11.7. The smallest absolute Gasteiger partial charge is 0.171 e. The molecular weight excluding hydrogens is 274 g/mol. The van der Waals surface area contributed by atoms with Gasteiger partial charge in [0.05, 0.1) is 10.6 Å². The van der Waals surface area contributed by atoms with E-state index in [9.17, 15) is 9.18 Å². The SMILES string of the molecule is O=C(Cc1cccc(Cl)c1)c1c(F)cccc1Cl. The third-order valence-electron chi connectivity index (χ3n) is 2.50. The minimum atomic E-state index is -0.602. The van der Waals surface area contributed by atoms with Crippen molar-refractivity contribution in [2.45, 2.75) is 6.42 Å². The quantitative estimate of drug-likeness (QED) is 0.755. The van der Waals surface area contributed by atoms with Gasteiger partial charge in [0, 0.05) is 11.4 Å². The number of hydrogen-bond donors (Lipinski definition) is 0. The second kappa shape index (κ2) is 5.51. The summed E-state index contributed by atoms with van der Waals surface area (Å²) in [5, 5.41) is 0.668. The third-order valence-corrected chi connectivity index (χ3v) is 3.05. The zero-order chi connectivity index (χ0) is 13.1. The molecular formula is C14H9Cl2FO. The Morgan fingerprint density at radius 1 is 1.11 bits per heavy atom. The van der Waals surface area contributed by atoms with E-state index in [-0.39, 0.29) is 22.8 Å². The van der Waals surface area contributed by atoms with Crippen LogP contribution < -0.4 is 0 Å². The standard InChI is InChI=1S/C14H9Cl2FO/c15-10-4-1-3-9(7-10)8-13(18)14-11(16)5-2-6-12(14)17/h1-7H,8H2. The molecule has 0 aliphatic carbocycles. The number of carbonyl (C=O) groups excluding carboxylic acids is 1. The second-order valence-electron chi connectivity index (χ2n) is 3.83. The van der Waals surface area contributed by atoms with Crippen molar-refractivity contribution in [2.24, 2.45) is 0 Å². The van der Waals surface area contributed by atoms with Crippen molar-refractivity contribution in [1.29, 1.82) is 0 Å². The lowest BCUT2D eigenvalue weighted by atomic mass is 10.0. The van der Waals surface area contributed by atoms with Crippen molar-refractivity contribution < 1.29 is 9.18 Å². The van der Waals surface area contributed by atoms with Crippen LogP contribution in [0.25, 0.3) is 0 Å². The Labute approximate surface area is 114 Å². The predicted molar refractivity (Wildman–Crippen MR) is 70.9 cm³/mol. The van der Waals surface area contributed by atoms with Gasteiger partial charge in [-0.3, -0.25) is 4.79 Å². The normalized spacial score (nSPS) is 10.4. The highest BCUT2D eigenvalue weighted by Crippen LogP contribution is 2.21. The van der Waals surface area contributed by atoms with E-state index in [1.165, 1.54) is 18.2 Å². The van der Waals surface area contributed by atoms with Gasteiger partial charge < -0.3 is 0 Å². The molecule has 0 aliphatic heterocycles. The lowest BCUT2D eigenvalue weighted by Crippen LogP contribution is -2.07. The summed E-state index contributed by atoms with van der Waals surface area (Å²) in [6, 6.07) is 11.1. The van der Waals surface area contributed by atoms with E-state index in [4.69, 9.17) is 23.2 Å². The van der Waals surface area contributed by atoms with E-state index in [0.717, 1.165) is 5.56 Å². The molecule has 0 spiro atoms.